The van der Waals surface area contributed by atoms with Crippen molar-refractivity contribution in [3.05, 3.63) is 47.0 Å². The van der Waals surface area contributed by atoms with E-state index >= 15 is 0 Å². The van der Waals surface area contributed by atoms with Crippen LogP contribution in [0.15, 0.2) is 35.3 Å². The summed E-state index contributed by atoms with van der Waals surface area (Å²) in [5.41, 5.74) is 5.11. The number of halogens is 1. The van der Waals surface area contributed by atoms with Gasteiger partial charge in [0.2, 0.25) is 5.75 Å². The second kappa shape index (κ2) is 12.8. The summed E-state index contributed by atoms with van der Waals surface area (Å²) in [6.45, 7) is 8.96. The fourth-order valence-electron chi connectivity index (χ4n) is 4.24. The van der Waals surface area contributed by atoms with Gasteiger partial charge in [-0.05, 0) is 43.5 Å². The topological polar surface area (TPSA) is 58.6 Å². The van der Waals surface area contributed by atoms with E-state index in [1.165, 1.54) is 16.8 Å². The van der Waals surface area contributed by atoms with Crippen LogP contribution in [0, 0.1) is 13.8 Å². The van der Waals surface area contributed by atoms with Gasteiger partial charge < -0.3 is 29.3 Å². The number of hydrogen-bond acceptors (Lipinski definition) is 5. The highest BCUT2D eigenvalue weighted by atomic mass is 127. The standard InChI is InChI=1S/C25H36N4O3.HI/c1-18-8-7-9-21(19(18)2)28-14-16-29(17-15-28)25(26-3)27-13-12-20-10-11-22(30-4)24(32-6)23(20)31-5;/h7-11H,12-17H2,1-6H3,(H,26,27);1H. The van der Waals surface area contributed by atoms with Crippen molar-refractivity contribution in [3.63, 3.8) is 0 Å². The third kappa shape index (κ3) is 6.16. The monoisotopic (exact) mass is 568 g/mol. The number of anilines is 1. The Morgan fingerprint density at radius 3 is 2.24 bits per heavy atom. The molecule has 0 spiro atoms. The van der Waals surface area contributed by atoms with Gasteiger partial charge in [-0.1, -0.05) is 18.2 Å². The lowest BCUT2D eigenvalue weighted by Crippen LogP contribution is -2.53. The average molecular weight is 569 g/mol. The fourth-order valence-corrected chi connectivity index (χ4v) is 4.24. The number of aryl methyl sites for hydroxylation is 1. The van der Waals surface area contributed by atoms with Crippen molar-refractivity contribution in [1.29, 1.82) is 0 Å². The second-order valence-electron chi connectivity index (χ2n) is 7.91. The number of benzene rings is 2. The molecular formula is C25H37IN4O3. The smallest absolute Gasteiger partial charge is 0.203 e. The molecule has 1 fully saturated rings. The Bertz CT molecular complexity index is 943. The number of nitrogens with one attached hydrogen (secondary N) is 1. The predicted molar refractivity (Wildman–Crippen MR) is 146 cm³/mol. The van der Waals surface area contributed by atoms with E-state index in [1.807, 2.05) is 19.2 Å². The first-order chi connectivity index (χ1) is 15.5. The van der Waals surface area contributed by atoms with Crippen molar-refractivity contribution < 1.29 is 14.2 Å². The van der Waals surface area contributed by atoms with Crippen LogP contribution in [0.2, 0.25) is 0 Å². The van der Waals surface area contributed by atoms with E-state index < -0.39 is 0 Å². The minimum absolute atomic E-state index is 0. The lowest BCUT2D eigenvalue weighted by Gasteiger charge is -2.38. The number of methoxy groups -OCH3 is 3. The number of ether oxygens (including phenoxy) is 3. The van der Waals surface area contributed by atoms with Crippen LogP contribution in [0.25, 0.3) is 0 Å². The largest absolute Gasteiger partial charge is 0.493 e. The molecule has 1 aliphatic heterocycles. The number of piperazine rings is 1. The third-order valence-electron chi connectivity index (χ3n) is 6.17. The first-order valence-electron chi connectivity index (χ1n) is 11.1. The SMILES string of the molecule is CN=C(NCCc1ccc(OC)c(OC)c1OC)N1CCN(c2cccc(C)c2C)CC1.I. The van der Waals surface area contributed by atoms with Gasteiger partial charge in [-0.15, -0.1) is 24.0 Å². The molecule has 1 aliphatic rings. The van der Waals surface area contributed by atoms with E-state index in [2.05, 4.69) is 52.2 Å². The lowest BCUT2D eigenvalue weighted by molar-refractivity contribution is 0.322. The van der Waals surface area contributed by atoms with E-state index in [9.17, 15) is 0 Å². The van der Waals surface area contributed by atoms with Gasteiger partial charge in [-0.25, -0.2) is 0 Å². The maximum atomic E-state index is 5.60. The van der Waals surface area contributed by atoms with Crippen LogP contribution >= 0.6 is 24.0 Å². The molecule has 1 saturated heterocycles. The number of hydrogen-bond donors (Lipinski definition) is 1. The number of aliphatic imine (C=N–C) groups is 1. The highest BCUT2D eigenvalue weighted by Gasteiger charge is 2.21. The Morgan fingerprint density at radius 1 is 0.939 bits per heavy atom. The molecule has 0 aliphatic carbocycles. The van der Waals surface area contributed by atoms with Crippen molar-refractivity contribution in [2.45, 2.75) is 20.3 Å². The molecule has 0 saturated carbocycles. The Hall–Kier alpha value is -2.36. The molecule has 1 heterocycles. The van der Waals surface area contributed by atoms with Gasteiger partial charge in [-0.2, -0.15) is 0 Å². The molecule has 3 rings (SSSR count). The minimum atomic E-state index is 0. The van der Waals surface area contributed by atoms with Gasteiger partial charge in [-0.3, -0.25) is 4.99 Å². The molecule has 0 amide bonds. The molecule has 2 aromatic rings. The highest BCUT2D eigenvalue weighted by Crippen LogP contribution is 2.39. The molecular weight excluding hydrogens is 531 g/mol. The highest BCUT2D eigenvalue weighted by molar-refractivity contribution is 14.0. The lowest BCUT2D eigenvalue weighted by atomic mass is 10.1. The maximum absolute atomic E-state index is 5.60. The van der Waals surface area contributed by atoms with Gasteiger partial charge >= 0.3 is 0 Å². The van der Waals surface area contributed by atoms with Gasteiger partial charge in [0.05, 0.1) is 21.3 Å². The Kier molecular flexibility index (Phi) is 10.4. The summed E-state index contributed by atoms with van der Waals surface area (Å²) < 4.78 is 16.5. The number of rotatable bonds is 7. The van der Waals surface area contributed by atoms with Crippen LogP contribution in [0.4, 0.5) is 5.69 Å². The summed E-state index contributed by atoms with van der Waals surface area (Å²) in [7, 11) is 6.75. The van der Waals surface area contributed by atoms with Gasteiger partial charge in [0.1, 0.15) is 0 Å². The zero-order chi connectivity index (χ0) is 23.1. The van der Waals surface area contributed by atoms with Crippen molar-refractivity contribution in [2.24, 2.45) is 4.99 Å². The zero-order valence-electron chi connectivity index (χ0n) is 20.6. The number of guanidine groups is 1. The normalized spacial score (nSPS) is 13.9. The van der Waals surface area contributed by atoms with Crippen LogP contribution in [0.5, 0.6) is 17.2 Å². The molecule has 0 atom stereocenters. The molecule has 0 radical (unpaired) electrons. The minimum Gasteiger partial charge on any atom is -0.493 e. The summed E-state index contributed by atoms with van der Waals surface area (Å²) in [6.07, 6.45) is 0.783. The average Bonchev–Trinajstić information content (AvgIpc) is 2.83. The Balaban J connectivity index is 0.00000385. The zero-order valence-corrected chi connectivity index (χ0v) is 22.9. The van der Waals surface area contributed by atoms with Crippen LogP contribution in [-0.2, 0) is 6.42 Å². The first-order valence-corrected chi connectivity index (χ1v) is 11.1. The van der Waals surface area contributed by atoms with Gasteiger partial charge in [0, 0.05) is 51.0 Å². The molecule has 0 bridgehead atoms. The Morgan fingerprint density at radius 2 is 1.64 bits per heavy atom. The van der Waals surface area contributed by atoms with Crippen molar-refractivity contribution in [1.82, 2.24) is 10.2 Å². The maximum Gasteiger partial charge on any atom is 0.203 e. The molecule has 33 heavy (non-hydrogen) atoms. The summed E-state index contributed by atoms with van der Waals surface area (Å²) in [5, 5.41) is 3.51. The molecule has 7 nitrogen and oxygen atoms in total. The predicted octanol–water partition coefficient (Wildman–Crippen LogP) is 3.89. The number of nitrogens with zero attached hydrogens (tertiary/aromatic N) is 3. The fraction of sp³-hybridized carbons (Fsp3) is 0.480. The molecule has 1 N–H and O–H groups in total. The molecule has 8 heteroatoms. The van der Waals surface area contributed by atoms with Gasteiger partial charge in [0.15, 0.2) is 17.5 Å². The van der Waals surface area contributed by atoms with Crippen LogP contribution < -0.4 is 24.4 Å². The Labute approximate surface area is 215 Å². The van der Waals surface area contributed by atoms with Crippen molar-refractivity contribution in [3.8, 4) is 17.2 Å². The van der Waals surface area contributed by atoms with E-state index in [0.717, 1.165) is 50.7 Å². The van der Waals surface area contributed by atoms with E-state index in [-0.39, 0.29) is 24.0 Å². The first kappa shape index (κ1) is 26.9. The summed E-state index contributed by atoms with van der Waals surface area (Å²) >= 11 is 0. The van der Waals surface area contributed by atoms with E-state index in [1.54, 1.807) is 21.3 Å². The summed E-state index contributed by atoms with van der Waals surface area (Å²) in [4.78, 5) is 9.31. The molecule has 2 aromatic carbocycles. The van der Waals surface area contributed by atoms with E-state index in [0.29, 0.717) is 17.2 Å². The quantitative estimate of drug-likeness (QED) is 0.311. The van der Waals surface area contributed by atoms with Crippen molar-refractivity contribution in [2.75, 3.05) is 66.0 Å². The summed E-state index contributed by atoms with van der Waals surface area (Å²) in [6, 6.07) is 10.5. The van der Waals surface area contributed by atoms with Crippen molar-refractivity contribution >= 4 is 35.6 Å². The van der Waals surface area contributed by atoms with E-state index in [4.69, 9.17) is 14.2 Å². The molecule has 0 aromatic heterocycles. The molecule has 0 unspecified atom stereocenters. The van der Waals surface area contributed by atoms with Crippen LogP contribution in [0.1, 0.15) is 16.7 Å². The summed E-state index contributed by atoms with van der Waals surface area (Å²) in [5.74, 6) is 2.94. The van der Waals surface area contributed by atoms with Crippen LogP contribution in [0.3, 0.4) is 0 Å². The van der Waals surface area contributed by atoms with Gasteiger partial charge in [0.25, 0.3) is 0 Å². The molecule has 182 valence electrons. The second-order valence-corrected chi connectivity index (χ2v) is 7.91. The third-order valence-corrected chi connectivity index (χ3v) is 6.17. The van der Waals surface area contributed by atoms with Crippen LogP contribution in [-0.4, -0.2) is 72.0 Å².